The van der Waals surface area contributed by atoms with E-state index >= 15 is 0 Å². The van der Waals surface area contributed by atoms with E-state index in [-0.39, 0.29) is 5.75 Å². The number of methoxy groups -OCH3 is 1. The summed E-state index contributed by atoms with van der Waals surface area (Å²) in [5, 5.41) is 15.6. The standard InChI is InChI=1S/C22H21N5O2/c1-29-21-9-17-18(10-20(21)28)23-14-24-22(17)26-8-7-16-11-25-27(19(16)13-26)12-15-5-3-2-4-6-15/h2-6,9-11,14,28H,7-8,12-13H2,1H3. The Morgan fingerprint density at radius 1 is 1.14 bits per heavy atom. The second-order valence-corrected chi connectivity index (χ2v) is 7.17. The van der Waals surface area contributed by atoms with E-state index < -0.39 is 0 Å². The van der Waals surface area contributed by atoms with Gasteiger partial charge in [0.2, 0.25) is 0 Å². The van der Waals surface area contributed by atoms with Crippen LogP contribution in [0.25, 0.3) is 10.9 Å². The summed E-state index contributed by atoms with van der Waals surface area (Å²) >= 11 is 0. The minimum Gasteiger partial charge on any atom is -0.504 e. The van der Waals surface area contributed by atoms with E-state index in [4.69, 9.17) is 4.74 Å². The molecule has 5 rings (SSSR count). The topological polar surface area (TPSA) is 76.3 Å². The number of fused-ring (bicyclic) bond motifs is 2. The molecule has 0 saturated carbocycles. The van der Waals surface area contributed by atoms with Gasteiger partial charge in [-0.2, -0.15) is 5.10 Å². The number of benzene rings is 2. The van der Waals surface area contributed by atoms with Crippen LogP contribution in [0.5, 0.6) is 11.5 Å². The molecule has 0 atom stereocenters. The lowest BCUT2D eigenvalue weighted by Crippen LogP contribution is -2.32. The van der Waals surface area contributed by atoms with E-state index in [2.05, 4.69) is 36.8 Å². The van der Waals surface area contributed by atoms with Gasteiger partial charge in [0.25, 0.3) is 0 Å². The number of aromatic hydroxyl groups is 1. The first-order chi connectivity index (χ1) is 14.2. The monoisotopic (exact) mass is 387 g/mol. The zero-order valence-corrected chi connectivity index (χ0v) is 16.1. The summed E-state index contributed by atoms with van der Waals surface area (Å²) in [6, 6.07) is 13.8. The van der Waals surface area contributed by atoms with Crippen molar-refractivity contribution in [1.29, 1.82) is 0 Å². The molecule has 7 nitrogen and oxygen atoms in total. The summed E-state index contributed by atoms with van der Waals surface area (Å²) in [6.45, 7) is 2.31. The van der Waals surface area contributed by atoms with E-state index in [0.29, 0.717) is 11.3 Å². The molecule has 0 unspecified atom stereocenters. The summed E-state index contributed by atoms with van der Waals surface area (Å²) in [6.07, 6.45) is 4.43. The van der Waals surface area contributed by atoms with Gasteiger partial charge in [-0.25, -0.2) is 9.97 Å². The van der Waals surface area contributed by atoms with Crippen LogP contribution in [0.4, 0.5) is 5.82 Å². The third-order valence-electron chi connectivity index (χ3n) is 5.42. The van der Waals surface area contributed by atoms with Crippen molar-refractivity contribution in [1.82, 2.24) is 19.7 Å². The summed E-state index contributed by atoms with van der Waals surface area (Å²) < 4.78 is 7.36. The molecular weight excluding hydrogens is 366 g/mol. The van der Waals surface area contributed by atoms with Crippen molar-refractivity contribution in [2.24, 2.45) is 0 Å². The fourth-order valence-corrected chi connectivity index (χ4v) is 3.90. The quantitative estimate of drug-likeness (QED) is 0.580. The lowest BCUT2D eigenvalue weighted by atomic mass is 10.1. The van der Waals surface area contributed by atoms with E-state index in [0.717, 1.165) is 37.3 Å². The molecule has 1 aliphatic heterocycles. The molecular formula is C22H21N5O2. The van der Waals surface area contributed by atoms with Crippen molar-refractivity contribution in [2.45, 2.75) is 19.5 Å². The molecule has 0 amide bonds. The molecule has 0 bridgehead atoms. The number of phenols is 1. The molecule has 0 fully saturated rings. The van der Waals surface area contributed by atoms with Crippen LogP contribution in [0.15, 0.2) is 55.0 Å². The molecule has 0 saturated heterocycles. The van der Waals surface area contributed by atoms with Gasteiger partial charge >= 0.3 is 0 Å². The third kappa shape index (κ3) is 3.14. The first-order valence-corrected chi connectivity index (χ1v) is 9.57. The van der Waals surface area contributed by atoms with Crippen molar-refractivity contribution < 1.29 is 9.84 Å². The number of hydrogen-bond acceptors (Lipinski definition) is 6. The van der Waals surface area contributed by atoms with Crippen LogP contribution in [0.3, 0.4) is 0 Å². The zero-order chi connectivity index (χ0) is 19.8. The molecule has 146 valence electrons. The predicted molar refractivity (Wildman–Crippen MR) is 110 cm³/mol. The Morgan fingerprint density at radius 3 is 2.83 bits per heavy atom. The van der Waals surface area contributed by atoms with Gasteiger partial charge in [-0.05, 0) is 23.6 Å². The average Bonchev–Trinajstić information content (AvgIpc) is 3.15. The lowest BCUT2D eigenvalue weighted by Gasteiger charge is -2.29. The van der Waals surface area contributed by atoms with E-state index in [1.807, 2.05) is 24.4 Å². The predicted octanol–water partition coefficient (Wildman–Crippen LogP) is 3.15. The highest BCUT2D eigenvalue weighted by Crippen LogP contribution is 2.35. The van der Waals surface area contributed by atoms with Crippen molar-refractivity contribution in [3.63, 3.8) is 0 Å². The molecule has 7 heteroatoms. The third-order valence-corrected chi connectivity index (χ3v) is 5.42. The number of hydrogen-bond donors (Lipinski definition) is 1. The fraction of sp³-hybridized carbons (Fsp3) is 0.227. The summed E-state index contributed by atoms with van der Waals surface area (Å²) in [7, 11) is 1.54. The first-order valence-electron chi connectivity index (χ1n) is 9.57. The minimum atomic E-state index is 0.0755. The summed E-state index contributed by atoms with van der Waals surface area (Å²) in [5.74, 6) is 1.33. The van der Waals surface area contributed by atoms with Crippen LogP contribution in [-0.4, -0.2) is 38.5 Å². The molecule has 0 spiro atoms. The maximum Gasteiger partial charge on any atom is 0.161 e. The van der Waals surface area contributed by atoms with Crippen LogP contribution in [0.1, 0.15) is 16.8 Å². The zero-order valence-electron chi connectivity index (χ0n) is 16.1. The Kier molecular flexibility index (Phi) is 4.27. The minimum absolute atomic E-state index is 0.0755. The van der Waals surface area contributed by atoms with Crippen molar-refractivity contribution in [3.8, 4) is 11.5 Å². The van der Waals surface area contributed by atoms with Crippen LogP contribution >= 0.6 is 0 Å². The van der Waals surface area contributed by atoms with Gasteiger partial charge in [0.05, 0.1) is 37.6 Å². The smallest absolute Gasteiger partial charge is 0.161 e. The molecule has 29 heavy (non-hydrogen) atoms. The van der Waals surface area contributed by atoms with Crippen LogP contribution in [0, 0.1) is 0 Å². The second kappa shape index (κ2) is 7.09. The molecule has 0 aliphatic carbocycles. The van der Waals surface area contributed by atoms with Crippen molar-refractivity contribution >= 4 is 16.7 Å². The molecule has 1 N–H and O–H groups in total. The summed E-state index contributed by atoms with van der Waals surface area (Å²) in [4.78, 5) is 11.1. The van der Waals surface area contributed by atoms with Gasteiger partial charge in [0, 0.05) is 18.0 Å². The van der Waals surface area contributed by atoms with Crippen LogP contribution in [0.2, 0.25) is 0 Å². The molecule has 1 aliphatic rings. The fourth-order valence-electron chi connectivity index (χ4n) is 3.90. The number of anilines is 1. The number of nitrogens with zero attached hydrogens (tertiary/aromatic N) is 5. The second-order valence-electron chi connectivity index (χ2n) is 7.17. The molecule has 4 aromatic rings. The maximum absolute atomic E-state index is 10.1. The van der Waals surface area contributed by atoms with Gasteiger partial charge in [0.1, 0.15) is 12.1 Å². The van der Waals surface area contributed by atoms with E-state index in [1.54, 1.807) is 25.6 Å². The first kappa shape index (κ1) is 17.5. The molecule has 2 aromatic carbocycles. The Labute approximate surface area is 168 Å². The maximum atomic E-state index is 10.1. The number of rotatable bonds is 4. The van der Waals surface area contributed by atoms with Gasteiger partial charge in [-0.15, -0.1) is 0 Å². The number of aromatic nitrogens is 4. The Morgan fingerprint density at radius 2 is 2.00 bits per heavy atom. The molecule has 0 radical (unpaired) electrons. The van der Waals surface area contributed by atoms with Crippen LogP contribution in [-0.2, 0) is 19.5 Å². The Balaban J connectivity index is 1.50. The van der Waals surface area contributed by atoms with Gasteiger partial charge in [-0.3, -0.25) is 4.68 Å². The van der Waals surface area contributed by atoms with Crippen LogP contribution < -0.4 is 9.64 Å². The molecule has 2 aromatic heterocycles. The highest BCUT2D eigenvalue weighted by atomic mass is 16.5. The Bertz CT molecular complexity index is 1170. The normalized spacial score (nSPS) is 13.5. The van der Waals surface area contributed by atoms with Crippen molar-refractivity contribution in [3.05, 3.63) is 71.8 Å². The highest BCUT2D eigenvalue weighted by molar-refractivity contribution is 5.92. The van der Waals surface area contributed by atoms with Gasteiger partial charge in [0.15, 0.2) is 11.5 Å². The highest BCUT2D eigenvalue weighted by Gasteiger charge is 2.24. The SMILES string of the molecule is COc1cc2c(N3CCc4cnn(Cc5ccccc5)c4C3)ncnc2cc1O. The average molecular weight is 387 g/mol. The van der Waals surface area contributed by atoms with Gasteiger partial charge in [-0.1, -0.05) is 30.3 Å². The van der Waals surface area contributed by atoms with Gasteiger partial charge < -0.3 is 14.7 Å². The number of phenolic OH excluding ortho intramolecular Hbond substituents is 1. The van der Waals surface area contributed by atoms with E-state index in [1.165, 1.54) is 16.8 Å². The number of ether oxygens (including phenoxy) is 1. The largest absolute Gasteiger partial charge is 0.504 e. The molecule has 3 heterocycles. The summed E-state index contributed by atoms with van der Waals surface area (Å²) in [5.41, 5.74) is 4.41. The van der Waals surface area contributed by atoms with Crippen molar-refractivity contribution in [2.75, 3.05) is 18.6 Å². The lowest BCUT2D eigenvalue weighted by molar-refractivity contribution is 0.374. The van der Waals surface area contributed by atoms with E-state index in [9.17, 15) is 5.11 Å². The Hall–Kier alpha value is -3.61.